The van der Waals surface area contributed by atoms with Crippen molar-refractivity contribution < 1.29 is 9.84 Å². The summed E-state index contributed by atoms with van der Waals surface area (Å²) in [7, 11) is 1.76. The van der Waals surface area contributed by atoms with Gasteiger partial charge in [-0.05, 0) is 45.7 Å². The molecule has 20 heavy (non-hydrogen) atoms. The lowest BCUT2D eigenvalue weighted by Gasteiger charge is -2.33. The standard InChI is InChI=1S/C16H36N2O2/c1-6-15(7-2)18(12-13-20-5)11-9-10-16(4,14-19)17-8-3/h15,17,19H,6-14H2,1-5H3. The maximum Gasteiger partial charge on any atom is 0.0610 e. The summed E-state index contributed by atoms with van der Waals surface area (Å²) in [4.78, 5) is 2.53. The molecule has 0 spiro atoms. The van der Waals surface area contributed by atoms with Crippen LogP contribution in [-0.2, 0) is 4.74 Å². The molecule has 0 aromatic rings. The van der Waals surface area contributed by atoms with Gasteiger partial charge in [0, 0.05) is 25.2 Å². The van der Waals surface area contributed by atoms with E-state index in [-0.39, 0.29) is 12.1 Å². The average Bonchev–Trinajstić information content (AvgIpc) is 2.45. The lowest BCUT2D eigenvalue weighted by atomic mass is 9.96. The van der Waals surface area contributed by atoms with Gasteiger partial charge in [0.2, 0.25) is 0 Å². The van der Waals surface area contributed by atoms with Crippen molar-refractivity contribution in [1.29, 1.82) is 0 Å². The third kappa shape index (κ3) is 7.58. The summed E-state index contributed by atoms with van der Waals surface area (Å²) in [5.41, 5.74) is -0.143. The minimum Gasteiger partial charge on any atom is -0.394 e. The normalized spacial score (nSPS) is 15.0. The van der Waals surface area contributed by atoms with Crippen molar-refractivity contribution in [2.24, 2.45) is 0 Å². The van der Waals surface area contributed by atoms with Gasteiger partial charge in [0.05, 0.1) is 13.2 Å². The third-order valence-electron chi connectivity index (χ3n) is 4.17. The molecule has 0 radical (unpaired) electrons. The van der Waals surface area contributed by atoms with Gasteiger partial charge in [0.1, 0.15) is 0 Å². The summed E-state index contributed by atoms with van der Waals surface area (Å²) in [5.74, 6) is 0. The van der Waals surface area contributed by atoms with Crippen molar-refractivity contribution >= 4 is 0 Å². The molecule has 4 nitrogen and oxygen atoms in total. The first-order chi connectivity index (χ1) is 9.56. The molecule has 0 fully saturated rings. The Morgan fingerprint density at radius 2 is 1.85 bits per heavy atom. The van der Waals surface area contributed by atoms with E-state index in [0.717, 1.165) is 39.1 Å². The molecule has 0 aliphatic heterocycles. The highest BCUT2D eigenvalue weighted by Crippen LogP contribution is 2.15. The van der Waals surface area contributed by atoms with E-state index in [2.05, 4.69) is 37.9 Å². The molecule has 0 saturated heterocycles. The minimum absolute atomic E-state index is 0.143. The molecule has 4 heteroatoms. The van der Waals surface area contributed by atoms with Gasteiger partial charge in [-0.15, -0.1) is 0 Å². The number of hydrogen-bond acceptors (Lipinski definition) is 4. The quantitative estimate of drug-likeness (QED) is 0.546. The number of rotatable bonds is 13. The SMILES string of the molecule is CCNC(C)(CO)CCCN(CCOC)C(CC)CC. The van der Waals surface area contributed by atoms with Crippen LogP contribution < -0.4 is 5.32 Å². The zero-order valence-electron chi connectivity index (χ0n) is 14.2. The second-order valence-corrected chi connectivity index (χ2v) is 5.85. The van der Waals surface area contributed by atoms with E-state index >= 15 is 0 Å². The van der Waals surface area contributed by atoms with E-state index in [1.165, 1.54) is 12.8 Å². The number of aliphatic hydroxyl groups excluding tert-OH is 1. The summed E-state index contributed by atoms with van der Waals surface area (Å²) >= 11 is 0. The molecule has 0 aliphatic rings. The van der Waals surface area contributed by atoms with Gasteiger partial charge in [0.25, 0.3) is 0 Å². The molecule has 0 amide bonds. The summed E-state index contributed by atoms with van der Waals surface area (Å²) in [6.07, 6.45) is 4.47. The molecule has 1 unspecified atom stereocenters. The molecule has 2 N–H and O–H groups in total. The summed E-state index contributed by atoms with van der Waals surface area (Å²) in [6, 6.07) is 0.643. The van der Waals surface area contributed by atoms with Crippen LogP contribution in [0.25, 0.3) is 0 Å². The van der Waals surface area contributed by atoms with E-state index in [1.54, 1.807) is 7.11 Å². The first kappa shape index (κ1) is 19.8. The fourth-order valence-corrected chi connectivity index (χ4v) is 2.81. The number of likely N-dealkylation sites (N-methyl/N-ethyl adjacent to an activating group) is 1. The van der Waals surface area contributed by atoms with Crippen LogP contribution >= 0.6 is 0 Å². The molecule has 0 rings (SSSR count). The largest absolute Gasteiger partial charge is 0.394 e. The van der Waals surface area contributed by atoms with Gasteiger partial charge in [0.15, 0.2) is 0 Å². The summed E-state index contributed by atoms with van der Waals surface area (Å²) < 4.78 is 5.22. The predicted molar refractivity (Wildman–Crippen MR) is 86.2 cm³/mol. The van der Waals surface area contributed by atoms with Crippen molar-refractivity contribution in [1.82, 2.24) is 10.2 Å². The first-order valence-corrected chi connectivity index (χ1v) is 8.15. The minimum atomic E-state index is -0.143. The molecule has 0 aromatic carbocycles. The lowest BCUT2D eigenvalue weighted by Crippen LogP contribution is -2.46. The molecular weight excluding hydrogens is 252 g/mol. The number of methoxy groups -OCH3 is 1. The zero-order valence-corrected chi connectivity index (χ0v) is 14.2. The number of aliphatic hydroxyl groups is 1. The number of ether oxygens (including phenoxy) is 1. The van der Waals surface area contributed by atoms with Crippen molar-refractivity contribution in [3.8, 4) is 0 Å². The smallest absolute Gasteiger partial charge is 0.0610 e. The molecule has 0 saturated carbocycles. The van der Waals surface area contributed by atoms with E-state index in [0.29, 0.717) is 6.04 Å². The Bertz CT molecular complexity index is 223. The number of hydrogen-bond donors (Lipinski definition) is 2. The van der Waals surface area contributed by atoms with Crippen molar-refractivity contribution in [3.05, 3.63) is 0 Å². The zero-order chi connectivity index (χ0) is 15.4. The van der Waals surface area contributed by atoms with Crippen molar-refractivity contribution in [3.63, 3.8) is 0 Å². The fraction of sp³-hybridized carbons (Fsp3) is 1.00. The Morgan fingerprint density at radius 1 is 1.20 bits per heavy atom. The Labute approximate surface area is 125 Å². The van der Waals surface area contributed by atoms with Crippen LogP contribution in [0.5, 0.6) is 0 Å². The highest BCUT2D eigenvalue weighted by Gasteiger charge is 2.22. The molecule has 0 aliphatic carbocycles. The number of nitrogens with zero attached hydrogens (tertiary/aromatic N) is 1. The average molecular weight is 288 g/mol. The van der Waals surface area contributed by atoms with Crippen LogP contribution in [0.2, 0.25) is 0 Å². The second kappa shape index (κ2) is 11.5. The molecular formula is C16H36N2O2. The Morgan fingerprint density at radius 3 is 2.30 bits per heavy atom. The van der Waals surface area contributed by atoms with Gasteiger partial charge in [-0.1, -0.05) is 20.8 Å². The van der Waals surface area contributed by atoms with Crippen molar-refractivity contribution in [2.75, 3.05) is 40.0 Å². The van der Waals surface area contributed by atoms with Crippen LogP contribution in [0.4, 0.5) is 0 Å². The Hall–Kier alpha value is -0.160. The van der Waals surface area contributed by atoms with Crippen LogP contribution in [0.1, 0.15) is 53.4 Å². The van der Waals surface area contributed by atoms with E-state index < -0.39 is 0 Å². The van der Waals surface area contributed by atoms with Crippen LogP contribution in [-0.4, -0.2) is 61.5 Å². The number of nitrogens with one attached hydrogen (secondary N) is 1. The van der Waals surface area contributed by atoms with E-state index in [9.17, 15) is 5.11 Å². The van der Waals surface area contributed by atoms with Crippen molar-refractivity contribution in [2.45, 2.75) is 65.0 Å². The Balaban J connectivity index is 4.30. The van der Waals surface area contributed by atoms with Crippen LogP contribution in [0.3, 0.4) is 0 Å². The molecule has 1 atom stereocenters. The highest BCUT2D eigenvalue weighted by molar-refractivity contribution is 4.82. The Kier molecular flexibility index (Phi) is 11.4. The first-order valence-electron chi connectivity index (χ1n) is 8.15. The van der Waals surface area contributed by atoms with Gasteiger partial charge in [-0.2, -0.15) is 0 Å². The van der Waals surface area contributed by atoms with Crippen LogP contribution in [0, 0.1) is 0 Å². The van der Waals surface area contributed by atoms with Gasteiger partial charge >= 0.3 is 0 Å². The maximum absolute atomic E-state index is 9.53. The fourth-order valence-electron chi connectivity index (χ4n) is 2.81. The lowest BCUT2D eigenvalue weighted by molar-refractivity contribution is 0.106. The summed E-state index contributed by atoms with van der Waals surface area (Å²) in [5, 5.41) is 12.9. The van der Waals surface area contributed by atoms with E-state index in [4.69, 9.17) is 4.74 Å². The van der Waals surface area contributed by atoms with Gasteiger partial charge in [-0.3, -0.25) is 4.90 Å². The second-order valence-electron chi connectivity index (χ2n) is 5.85. The molecule has 0 bridgehead atoms. The maximum atomic E-state index is 9.53. The van der Waals surface area contributed by atoms with Gasteiger partial charge < -0.3 is 15.2 Å². The van der Waals surface area contributed by atoms with E-state index in [1.807, 2.05) is 0 Å². The molecule has 122 valence electrons. The van der Waals surface area contributed by atoms with Crippen LogP contribution in [0.15, 0.2) is 0 Å². The van der Waals surface area contributed by atoms with Gasteiger partial charge in [-0.25, -0.2) is 0 Å². The predicted octanol–water partition coefficient (Wildman–Crippen LogP) is 2.26. The monoisotopic (exact) mass is 288 g/mol. The summed E-state index contributed by atoms with van der Waals surface area (Å²) in [6.45, 7) is 12.7. The molecule has 0 heterocycles. The highest BCUT2D eigenvalue weighted by atomic mass is 16.5. The third-order valence-corrected chi connectivity index (χ3v) is 4.17. The molecule has 0 aromatic heterocycles. The topological polar surface area (TPSA) is 44.7 Å².